The van der Waals surface area contributed by atoms with Crippen molar-refractivity contribution in [3.05, 3.63) is 240 Å². The van der Waals surface area contributed by atoms with Crippen LogP contribution in [0.3, 0.4) is 0 Å². The van der Waals surface area contributed by atoms with E-state index in [4.69, 9.17) is 9.47 Å². The van der Waals surface area contributed by atoms with Crippen LogP contribution in [0.25, 0.3) is 56.7 Å². The lowest BCUT2D eigenvalue weighted by Crippen LogP contribution is -1.98. The van der Waals surface area contributed by atoms with E-state index < -0.39 is 0 Å². The molecule has 8 aromatic carbocycles. The molecule has 0 heterocycles. The lowest BCUT2D eigenvalue weighted by Gasteiger charge is -2.12. The first-order valence-electron chi connectivity index (χ1n) is 20.5. The van der Waals surface area contributed by atoms with Gasteiger partial charge in [0.15, 0.2) is 5.78 Å². The first-order chi connectivity index (χ1) is 29.6. The molecule has 1 saturated carbocycles. The standard InChI is InChI=1S/C57H44O3/c58-57-49(31-41-21-27-55(28-22-41)59-39-43-33-51(45-13-5-1-6-14-45)37-52(34-43)46-15-7-2-8-16-46)25-26-50(57)32-42-23-29-56(30-24-42)60-40-44-35-53(47-17-9-3-10-18-47)38-54(36-44)48-19-11-4-12-20-48/h1-24,27-38H,25-26,39-40H2/b49-31+,50-32+. The number of carbonyl (C=O) groups is 1. The minimum absolute atomic E-state index is 0.107. The minimum Gasteiger partial charge on any atom is -0.489 e. The van der Waals surface area contributed by atoms with Crippen LogP contribution < -0.4 is 9.47 Å². The zero-order chi connectivity index (χ0) is 40.5. The fraction of sp³-hybridized carbons (Fsp3) is 0.0702. The van der Waals surface area contributed by atoms with Gasteiger partial charge >= 0.3 is 0 Å². The maximum atomic E-state index is 13.5. The van der Waals surface area contributed by atoms with Gasteiger partial charge in [-0.05, 0) is 152 Å². The van der Waals surface area contributed by atoms with Crippen molar-refractivity contribution in [2.45, 2.75) is 26.1 Å². The Balaban J connectivity index is 0.829. The topological polar surface area (TPSA) is 35.5 Å². The van der Waals surface area contributed by atoms with Crippen molar-refractivity contribution in [3.8, 4) is 56.0 Å². The Labute approximate surface area is 352 Å². The summed E-state index contributed by atoms with van der Waals surface area (Å²) in [5.41, 5.74) is 15.1. The zero-order valence-electron chi connectivity index (χ0n) is 33.3. The summed E-state index contributed by atoms with van der Waals surface area (Å²) in [5, 5.41) is 0. The molecule has 0 N–H and O–H groups in total. The molecule has 0 atom stereocenters. The SMILES string of the molecule is O=C1/C(=C/c2ccc(OCc3cc(-c4ccccc4)cc(-c4ccccc4)c3)cc2)CC/C1=C\c1ccc(OCc2cc(-c3ccccc3)cc(-c3ccccc3)c2)cc1. The number of hydrogen-bond acceptors (Lipinski definition) is 3. The highest BCUT2D eigenvalue weighted by atomic mass is 16.5. The molecular formula is C57H44O3. The second-order valence-electron chi connectivity index (χ2n) is 15.2. The van der Waals surface area contributed by atoms with Gasteiger partial charge in [-0.2, -0.15) is 0 Å². The highest BCUT2D eigenvalue weighted by Gasteiger charge is 2.23. The van der Waals surface area contributed by atoms with Gasteiger partial charge in [0.05, 0.1) is 0 Å². The number of carbonyl (C=O) groups excluding carboxylic acids is 1. The van der Waals surface area contributed by atoms with E-state index in [1.54, 1.807) is 0 Å². The molecule has 3 nitrogen and oxygen atoms in total. The summed E-state index contributed by atoms with van der Waals surface area (Å²) >= 11 is 0. The summed E-state index contributed by atoms with van der Waals surface area (Å²) < 4.78 is 12.6. The van der Waals surface area contributed by atoms with E-state index in [-0.39, 0.29) is 5.78 Å². The van der Waals surface area contributed by atoms with E-state index in [2.05, 4.69) is 133 Å². The van der Waals surface area contributed by atoms with E-state index in [0.29, 0.717) is 13.2 Å². The number of ketones is 1. The lowest BCUT2D eigenvalue weighted by molar-refractivity contribution is -0.111. The summed E-state index contributed by atoms with van der Waals surface area (Å²) in [4.78, 5) is 13.5. The number of ether oxygens (including phenoxy) is 2. The second-order valence-corrected chi connectivity index (χ2v) is 15.2. The molecular weight excluding hydrogens is 733 g/mol. The van der Waals surface area contributed by atoms with Crippen molar-refractivity contribution in [2.24, 2.45) is 0 Å². The molecule has 3 heteroatoms. The maximum Gasteiger partial charge on any atom is 0.185 e. The van der Waals surface area contributed by atoms with Gasteiger partial charge < -0.3 is 9.47 Å². The number of allylic oxidation sites excluding steroid dienone is 2. The van der Waals surface area contributed by atoms with Crippen molar-refractivity contribution in [2.75, 3.05) is 0 Å². The lowest BCUT2D eigenvalue weighted by atomic mass is 9.96. The molecule has 0 aliphatic heterocycles. The highest BCUT2D eigenvalue weighted by Crippen LogP contribution is 2.33. The van der Waals surface area contributed by atoms with Crippen LogP contribution in [-0.2, 0) is 18.0 Å². The third kappa shape index (κ3) is 9.28. The van der Waals surface area contributed by atoms with Crippen LogP contribution in [0.1, 0.15) is 35.1 Å². The van der Waals surface area contributed by atoms with Crippen molar-refractivity contribution in [3.63, 3.8) is 0 Å². The van der Waals surface area contributed by atoms with E-state index in [0.717, 1.165) is 80.0 Å². The number of rotatable bonds is 12. The molecule has 0 aromatic heterocycles. The molecule has 0 bridgehead atoms. The van der Waals surface area contributed by atoms with Crippen LogP contribution in [0.15, 0.2) is 217 Å². The van der Waals surface area contributed by atoms with Gasteiger partial charge in [-0.15, -0.1) is 0 Å². The molecule has 9 rings (SSSR count). The van der Waals surface area contributed by atoms with Crippen LogP contribution >= 0.6 is 0 Å². The molecule has 0 radical (unpaired) electrons. The Morgan fingerprint density at radius 3 is 0.950 bits per heavy atom. The van der Waals surface area contributed by atoms with E-state index >= 15 is 0 Å². The van der Waals surface area contributed by atoms with E-state index in [1.165, 1.54) is 22.3 Å². The van der Waals surface area contributed by atoms with Crippen LogP contribution in [0.4, 0.5) is 0 Å². The van der Waals surface area contributed by atoms with Crippen molar-refractivity contribution >= 4 is 17.9 Å². The summed E-state index contributed by atoms with van der Waals surface area (Å²) in [6.07, 6.45) is 5.46. The van der Waals surface area contributed by atoms with Crippen molar-refractivity contribution < 1.29 is 14.3 Å². The minimum atomic E-state index is 0.107. The number of Topliss-reactive ketones (excluding diaryl/α,β-unsaturated/α-hetero) is 1. The molecule has 8 aromatic rings. The Morgan fingerprint density at radius 1 is 0.350 bits per heavy atom. The van der Waals surface area contributed by atoms with Gasteiger partial charge in [0, 0.05) is 11.1 Å². The monoisotopic (exact) mass is 776 g/mol. The molecule has 0 amide bonds. The predicted octanol–water partition coefficient (Wildman–Crippen LogP) is 14.3. The Hall–Kier alpha value is -7.49. The van der Waals surface area contributed by atoms with Crippen LogP contribution in [0, 0.1) is 0 Å². The summed E-state index contributed by atoms with van der Waals surface area (Å²) in [7, 11) is 0. The third-order valence-corrected chi connectivity index (χ3v) is 10.9. The second kappa shape index (κ2) is 18.0. The molecule has 0 spiro atoms. The van der Waals surface area contributed by atoms with Crippen LogP contribution in [0.5, 0.6) is 11.5 Å². The van der Waals surface area contributed by atoms with Crippen LogP contribution in [0.2, 0.25) is 0 Å². The van der Waals surface area contributed by atoms with Crippen molar-refractivity contribution in [1.29, 1.82) is 0 Å². The van der Waals surface area contributed by atoms with E-state index in [9.17, 15) is 4.79 Å². The highest BCUT2D eigenvalue weighted by molar-refractivity contribution is 6.15. The molecule has 60 heavy (non-hydrogen) atoms. The van der Waals surface area contributed by atoms with Gasteiger partial charge in [0.25, 0.3) is 0 Å². The smallest absolute Gasteiger partial charge is 0.185 e. The normalized spacial score (nSPS) is 13.8. The van der Waals surface area contributed by atoms with Gasteiger partial charge in [-0.3, -0.25) is 4.79 Å². The zero-order valence-corrected chi connectivity index (χ0v) is 33.3. The molecule has 290 valence electrons. The van der Waals surface area contributed by atoms with Gasteiger partial charge in [-0.25, -0.2) is 0 Å². The summed E-state index contributed by atoms with van der Waals surface area (Å²) in [6, 6.07) is 71.1. The van der Waals surface area contributed by atoms with Gasteiger partial charge in [0.1, 0.15) is 24.7 Å². The average Bonchev–Trinajstić information content (AvgIpc) is 3.66. The van der Waals surface area contributed by atoms with Crippen molar-refractivity contribution in [1.82, 2.24) is 0 Å². The van der Waals surface area contributed by atoms with Gasteiger partial charge in [-0.1, -0.05) is 146 Å². The Kier molecular flexibility index (Phi) is 11.4. The predicted molar refractivity (Wildman–Crippen MR) is 246 cm³/mol. The van der Waals surface area contributed by atoms with E-state index in [1.807, 2.05) is 84.9 Å². The van der Waals surface area contributed by atoms with Crippen LogP contribution in [-0.4, -0.2) is 5.78 Å². The summed E-state index contributed by atoms with van der Waals surface area (Å²) in [5.74, 6) is 1.68. The number of hydrogen-bond donors (Lipinski definition) is 0. The molecule has 1 aliphatic rings. The molecule has 0 unspecified atom stereocenters. The maximum absolute atomic E-state index is 13.5. The first kappa shape index (κ1) is 38.1. The fourth-order valence-corrected chi connectivity index (χ4v) is 7.77. The molecule has 1 fully saturated rings. The third-order valence-electron chi connectivity index (χ3n) is 10.9. The number of benzene rings is 8. The quantitative estimate of drug-likeness (QED) is 0.116. The first-order valence-corrected chi connectivity index (χ1v) is 20.5. The Bertz CT molecular complexity index is 2460. The molecule has 0 saturated heterocycles. The Morgan fingerprint density at radius 2 is 0.650 bits per heavy atom. The summed E-state index contributed by atoms with van der Waals surface area (Å²) in [6.45, 7) is 0.887. The largest absolute Gasteiger partial charge is 0.489 e. The average molecular weight is 777 g/mol. The van der Waals surface area contributed by atoms with Gasteiger partial charge in [0.2, 0.25) is 0 Å². The fourth-order valence-electron chi connectivity index (χ4n) is 7.77. The molecule has 1 aliphatic carbocycles.